The molecule has 0 bridgehead atoms. The molecule has 3 nitrogen and oxygen atoms in total. The van der Waals surface area contributed by atoms with Gasteiger partial charge in [-0.25, -0.2) is 8.42 Å². The maximum absolute atomic E-state index is 11.2. The summed E-state index contributed by atoms with van der Waals surface area (Å²) >= 11 is 0. The number of aliphatic hydroxyl groups excluding tert-OH is 1. The minimum atomic E-state index is -3.06. The molecule has 68 valence electrons. The third-order valence-electron chi connectivity index (χ3n) is 1.80. The standard InChI is InChI=1S/C7H16O3S/c1-4-7(6(3)8)11(9,10)5-2/h6-8H,4-5H2,1-3H3. The summed E-state index contributed by atoms with van der Waals surface area (Å²) in [6, 6.07) is 0. The summed E-state index contributed by atoms with van der Waals surface area (Å²) in [6.45, 7) is 4.88. The van der Waals surface area contributed by atoms with Gasteiger partial charge in [-0.3, -0.25) is 0 Å². The molecule has 1 N–H and O–H groups in total. The molecule has 2 atom stereocenters. The van der Waals surface area contributed by atoms with Gasteiger partial charge in [-0.05, 0) is 13.3 Å². The van der Waals surface area contributed by atoms with Gasteiger partial charge in [0.1, 0.15) is 0 Å². The molecule has 2 unspecified atom stereocenters. The first-order valence-electron chi connectivity index (χ1n) is 3.85. The van der Waals surface area contributed by atoms with Crippen molar-refractivity contribution in [2.45, 2.75) is 38.5 Å². The average Bonchev–Trinajstić information content (AvgIpc) is 1.88. The van der Waals surface area contributed by atoms with Gasteiger partial charge in [-0.2, -0.15) is 0 Å². The Kier molecular flexibility index (Phi) is 4.03. The Morgan fingerprint density at radius 2 is 1.82 bits per heavy atom. The minimum Gasteiger partial charge on any atom is -0.392 e. The molecule has 0 saturated heterocycles. The summed E-state index contributed by atoms with van der Waals surface area (Å²) in [4.78, 5) is 0. The molecular formula is C7H16O3S. The predicted octanol–water partition coefficient (Wildman–Crippen LogP) is 0.581. The molecule has 0 spiro atoms. The zero-order chi connectivity index (χ0) is 9.07. The Bertz CT molecular complexity index is 194. The minimum absolute atomic E-state index is 0.108. The number of hydrogen-bond acceptors (Lipinski definition) is 3. The molecule has 0 aliphatic rings. The van der Waals surface area contributed by atoms with E-state index in [0.29, 0.717) is 6.42 Å². The third-order valence-corrected chi connectivity index (χ3v) is 4.26. The lowest BCUT2D eigenvalue weighted by atomic mass is 10.2. The number of rotatable bonds is 4. The summed E-state index contributed by atoms with van der Waals surface area (Å²) in [6.07, 6.45) is -0.279. The quantitative estimate of drug-likeness (QED) is 0.688. The van der Waals surface area contributed by atoms with E-state index in [-0.39, 0.29) is 5.75 Å². The van der Waals surface area contributed by atoms with E-state index in [2.05, 4.69) is 0 Å². The van der Waals surface area contributed by atoms with Gasteiger partial charge >= 0.3 is 0 Å². The summed E-state index contributed by atoms with van der Waals surface area (Å²) < 4.78 is 22.4. The van der Waals surface area contributed by atoms with Gasteiger partial charge in [0.25, 0.3) is 0 Å². The number of sulfone groups is 1. The SMILES string of the molecule is CCC(C(C)O)S(=O)(=O)CC. The zero-order valence-electron chi connectivity index (χ0n) is 7.24. The van der Waals surface area contributed by atoms with Crippen LogP contribution in [0.3, 0.4) is 0 Å². The van der Waals surface area contributed by atoms with Crippen LogP contribution in [-0.4, -0.2) is 30.6 Å². The molecule has 0 heterocycles. The second kappa shape index (κ2) is 4.07. The first-order valence-corrected chi connectivity index (χ1v) is 5.56. The second-order valence-corrected chi connectivity index (χ2v) is 5.15. The van der Waals surface area contributed by atoms with Crippen molar-refractivity contribution in [3.05, 3.63) is 0 Å². The van der Waals surface area contributed by atoms with Gasteiger partial charge < -0.3 is 5.11 Å². The van der Waals surface area contributed by atoms with Gasteiger partial charge in [-0.1, -0.05) is 13.8 Å². The second-order valence-electron chi connectivity index (χ2n) is 2.64. The highest BCUT2D eigenvalue weighted by Gasteiger charge is 2.25. The molecule has 11 heavy (non-hydrogen) atoms. The first kappa shape index (κ1) is 10.9. The summed E-state index contributed by atoms with van der Waals surface area (Å²) in [5, 5.41) is 8.51. The average molecular weight is 180 g/mol. The van der Waals surface area contributed by atoms with Crippen molar-refractivity contribution in [1.29, 1.82) is 0 Å². The van der Waals surface area contributed by atoms with Gasteiger partial charge in [0.2, 0.25) is 0 Å². The molecule has 0 aromatic carbocycles. The summed E-state index contributed by atoms with van der Waals surface area (Å²) in [5.74, 6) is 0.108. The highest BCUT2D eigenvalue weighted by Crippen LogP contribution is 2.10. The maximum atomic E-state index is 11.2. The third kappa shape index (κ3) is 2.79. The molecule has 0 rings (SSSR count). The van der Waals surface area contributed by atoms with Crippen LogP contribution in [0.4, 0.5) is 0 Å². The van der Waals surface area contributed by atoms with Gasteiger partial charge in [-0.15, -0.1) is 0 Å². The zero-order valence-corrected chi connectivity index (χ0v) is 8.06. The van der Waals surface area contributed by atoms with Gasteiger partial charge in [0.05, 0.1) is 11.4 Å². The van der Waals surface area contributed by atoms with E-state index < -0.39 is 21.2 Å². The van der Waals surface area contributed by atoms with Crippen LogP contribution >= 0.6 is 0 Å². The lowest BCUT2D eigenvalue weighted by molar-refractivity contribution is 0.186. The fourth-order valence-electron chi connectivity index (χ4n) is 1.11. The van der Waals surface area contributed by atoms with Crippen molar-refractivity contribution in [2.24, 2.45) is 0 Å². The molecule has 0 aromatic rings. The monoisotopic (exact) mass is 180 g/mol. The lowest BCUT2D eigenvalue weighted by Gasteiger charge is -2.16. The lowest BCUT2D eigenvalue weighted by Crippen LogP contribution is -2.32. The molecule has 0 saturated carbocycles. The van der Waals surface area contributed by atoms with E-state index in [9.17, 15) is 8.42 Å². The van der Waals surface area contributed by atoms with E-state index >= 15 is 0 Å². The van der Waals surface area contributed by atoms with Crippen molar-refractivity contribution in [1.82, 2.24) is 0 Å². The Morgan fingerprint density at radius 3 is 1.91 bits per heavy atom. The smallest absolute Gasteiger partial charge is 0.155 e. The van der Waals surface area contributed by atoms with Crippen molar-refractivity contribution in [2.75, 3.05) is 5.75 Å². The Morgan fingerprint density at radius 1 is 1.36 bits per heavy atom. The van der Waals surface area contributed by atoms with Crippen molar-refractivity contribution < 1.29 is 13.5 Å². The fraction of sp³-hybridized carbons (Fsp3) is 1.00. The van der Waals surface area contributed by atoms with Crippen molar-refractivity contribution in [3.8, 4) is 0 Å². The van der Waals surface area contributed by atoms with Crippen molar-refractivity contribution >= 4 is 9.84 Å². The molecule has 0 aromatic heterocycles. The Labute approximate surface area is 68.3 Å². The highest BCUT2D eigenvalue weighted by atomic mass is 32.2. The predicted molar refractivity (Wildman–Crippen MR) is 45.2 cm³/mol. The molecule has 0 aliphatic heterocycles. The molecule has 0 radical (unpaired) electrons. The molecular weight excluding hydrogens is 164 g/mol. The van der Waals surface area contributed by atoms with Crippen LogP contribution in [-0.2, 0) is 9.84 Å². The number of aliphatic hydroxyl groups is 1. The molecule has 0 fully saturated rings. The van der Waals surface area contributed by atoms with Crippen LogP contribution in [0.15, 0.2) is 0 Å². The van der Waals surface area contributed by atoms with Gasteiger partial charge in [0.15, 0.2) is 9.84 Å². The van der Waals surface area contributed by atoms with Crippen LogP contribution < -0.4 is 0 Å². The van der Waals surface area contributed by atoms with Crippen LogP contribution in [0.25, 0.3) is 0 Å². The van der Waals surface area contributed by atoms with E-state index in [1.165, 1.54) is 6.92 Å². The maximum Gasteiger partial charge on any atom is 0.155 e. The molecule has 4 heteroatoms. The van der Waals surface area contributed by atoms with E-state index in [1.807, 2.05) is 0 Å². The largest absolute Gasteiger partial charge is 0.392 e. The summed E-state index contributed by atoms with van der Waals surface area (Å²) in [5.41, 5.74) is 0. The topological polar surface area (TPSA) is 54.4 Å². The normalized spacial score (nSPS) is 17.8. The van der Waals surface area contributed by atoms with Crippen molar-refractivity contribution in [3.63, 3.8) is 0 Å². The molecule has 0 aliphatic carbocycles. The fourth-order valence-corrected chi connectivity index (χ4v) is 2.65. The summed E-state index contributed by atoms with van der Waals surface area (Å²) in [7, 11) is -3.06. The number of hydrogen-bond donors (Lipinski definition) is 1. The first-order chi connectivity index (χ1) is 4.95. The Hall–Kier alpha value is -0.0900. The van der Waals surface area contributed by atoms with Crippen LogP contribution in [0.1, 0.15) is 27.2 Å². The van der Waals surface area contributed by atoms with E-state index in [1.54, 1.807) is 13.8 Å². The van der Waals surface area contributed by atoms with Crippen LogP contribution in [0, 0.1) is 0 Å². The van der Waals surface area contributed by atoms with E-state index in [0.717, 1.165) is 0 Å². The van der Waals surface area contributed by atoms with E-state index in [4.69, 9.17) is 5.11 Å². The van der Waals surface area contributed by atoms with Gasteiger partial charge in [0, 0.05) is 5.75 Å². The van der Waals surface area contributed by atoms with Crippen LogP contribution in [0.5, 0.6) is 0 Å². The molecule has 0 amide bonds. The van der Waals surface area contributed by atoms with Crippen LogP contribution in [0.2, 0.25) is 0 Å². The highest BCUT2D eigenvalue weighted by molar-refractivity contribution is 7.92. The Balaban J connectivity index is 4.51.